The Morgan fingerprint density at radius 3 is 2.55 bits per heavy atom. The van der Waals surface area contributed by atoms with Gasteiger partial charge in [0.1, 0.15) is 5.82 Å². The zero-order valence-corrected chi connectivity index (χ0v) is 10.1. The molecule has 1 aromatic heterocycles. The predicted molar refractivity (Wildman–Crippen MR) is 60.6 cm³/mol. The highest BCUT2D eigenvalue weighted by Gasteiger charge is 2.32. The highest BCUT2D eigenvalue weighted by Crippen LogP contribution is 2.30. The lowest BCUT2D eigenvalue weighted by atomic mass is 10.1. The van der Waals surface area contributed by atoms with E-state index in [2.05, 4.69) is 15.0 Å². The zero-order chi connectivity index (χ0) is 14.9. The van der Waals surface area contributed by atoms with E-state index in [1.165, 1.54) is 6.07 Å². The molecule has 0 atom stereocenters. The van der Waals surface area contributed by atoms with Gasteiger partial charge in [-0.15, -0.1) is 0 Å². The van der Waals surface area contributed by atoms with E-state index < -0.39 is 29.0 Å². The molecule has 0 saturated carbocycles. The van der Waals surface area contributed by atoms with Crippen LogP contribution >= 0.6 is 0 Å². The molecule has 4 nitrogen and oxygen atoms in total. The van der Waals surface area contributed by atoms with Crippen LogP contribution in [0.1, 0.15) is 21.6 Å². The second-order valence-corrected chi connectivity index (χ2v) is 3.98. The van der Waals surface area contributed by atoms with Crippen molar-refractivity contribution in [3.8, 4) is 0 Å². The lowest BCUT2D eigenvalue weighted by molar-refractivity contribution is -0.137. The lowest BCUT2D eigenvalue weighted by Crippen LogP contribution is -2.15. The van der Waals surface area contributed by atoms with Crippen molar-refractivity contribution < 1.29 is 26.9 Å². The first-order valence-electron chi connectivity index (χ1n) is 5.39. The molecule has 0 unspecified atom stereocenters. The average Bonchev–Trinajstić information content (AvgIpc) is 2.73. The standard InChI is InChI=1S/C12H8F4N2O2/c1-6-4-10(20-18-6)17-11(19)8-5-7(12(14,15)16)2-3-9(8)13/h2-5H,1H3,(H,17,19). The molecule has 0 aliphatic carbocycles. The Morgan fingerprint density at radius 2 is 2.00 bits per heavy atom. The summed E-state index contributed by atoms with van der Waals surface area (Å²) >= 11 is 0. The number of hydrogen-bond donors (Lipinski definition) is 1. The maximum atomic E-state index is 13.4. The van der Waals surface area contributed by atoms with Gasteiger partial charge in [-0.2, -0.15) is 13.2 Å². The molecule has 2 aromatic rings. The molecule has 20 heavy (non-hydrogen) atoms. The molecule has 1 N–H and O–H groups in total. The van der Waals surface area contributed by atoms with Gasteiger partial charge in [-0.1, -0.05) is 5.16 Å². The van der Waals surface area contributed by atoms with Crippen LogP contribution in [0.25, 0.3) is 0 Å². The van der Waals surface area contributed by atoms with Crippen molar-refractivity contribution in [1.82, 2.24) is 5.16 Å². The molecule has 1 heterocycles. The number of halogens is 4. The second kappa shape index (κ2) is 4.95. The molecule has 0 aliphatic heterocycles. The van der Waals surface area contributed by atoms with E-state index in [0.717, 1.165) is 0 Å². The molecule has 0 aliphatic rings. The monoisotopic (exact) mass is 288 g/mol. The normalized spacial score (nSPS) is 11.4. The third-order valence-electron chi connectivity index (χ3n) is 2.40. The number of aryl methyl sites for hydroxylation is 1. The molecule has 1 aromatic carbocycles. The fourth-order valence-electron chi connectivity index (χ4n) is 1.48. The number of hydrogen-bond acceptors (Lipinski definition) is 3. The quantitative estimate of drug-likeness (QED) is 0.862. The SMILES string of the molecule is Cc1cc(NC(=O)c2cc(C(F)(F)F)ccc2F)on1. The third-order valence-corrected chi connectivity index (χ3v) is 2.40. The van der Waals surface area contributed by atoms with Crippen molar-refractivity contribution >= 4 is 11.8 Å². The van der Waals surface area contributed by atoms with Gasteiger partial charge >= 0.3 is 6.18 Å². The summed E-state index contributed by atoms with van der Waals surface area (Å²) < 4.78 is 55.6. The number of benzene rings is 1. The fraction of sp³-hybridized carbons (Fsp3) is 0.167. The van der Waals surface area contributed by atoms with Crippen LogP contribution < -0.4 is 5.32 Å². The van der Waals surface area contributed by atoms with Crippen molar-refractivity contribution in [1.29, 1.82) is 0 Å². The molecule has 0 radical (unpaired) electrons. The minimum atomic E-state index is -4.66. The van der Waals surface area contributed by atoms with Crippen LogP contribution in [0.3, 0.4) is 0 Å². The Bertz CT molecular complexity index is 649. The summed E-state index contributed by atoms with van der Waals surface area (Å²) in [6.07, 6.45) is -4.66. The summed E-state index contributed by atoms with van der Waals surface area (Å²) in [6, 6.07) is 2.94. The summed E-state index contributed by atoms with van der Waals surface area (Å²) in [5, 5.41) is 5.60. The summed E-state index contributed by atoms with van der Waals surface area (Å²) in [5.74, 6) is -2.19. The highest BCUT2D eigenvalue weighted by molar-refractivity contribution is 6.03. The first kappa shape index (κ1) is 14.0. The van der Waals surface area contributed by atoms with Crippen LogP contribution in [0.5, 0.6) is 0 Å². The van der Waals surface area contributed by atoms with Crippen LogP contribution in [-0.2, 0) is 6.18 Å². The average molecular weight is 288 g/mol. The van der Waals surface area contributed by atoms with Gasteiger partial charge in [-0.25, -0.2) is 4.39 Å². The van der Waals surface area contributed by atoms with Gasteiger partial charge in [-0.3, -0.25) is 10.1 Å². The Labute approximate surface area is 110 Å². The number of amides is 1. The van der Waals surface area contributed by atoms with Crippen LogP contribution in [-0.4, -0.2) is 11.1 Å². The minimum absolute atomic E-state index is 0.0793. The van der Waals surface area contributed by atoms with Gasteiger partial charge < -0.3 is 4.52 Å². The van der Waals surface area contributed by atoms with Crippen molar-refractivity contribution in [3.63, 3.8) is 0 Å². The molecular weight excluding hydrogens is 280 g/mol. The predicted octanol–water partition coefficient (Wildman–Crippen LogP) is 3.39. The third kappa shape index (κ3) is 2.95. The van der Waals surface area contributed by atoms with Crippen LogP contribution in [0.15, 0.2) is 28.8 Å². The number of nitrogens with one attached hydrogen (secondary N) is 1. The molecule has 0 fully saturated rings. The number of alkyl halides is 3. The summed E-state index contributed by atoms with van der Waals surface area (Å²) in [7, 11) is 0. The summed E-state index contributed by atoms with van der Waals surface area (Å²) in [4.78, 5) is 11.7. The summed E-state index contributed by atoms with van der Waals surface area (Å²) in [5.41, 5.74) is -1.38. The topological polar surface area (TPSA) is 55.1 Å². The van der Waals surface area contributed by atoms with Crippen LogP contribution in [0, 0.1) is 12.7 Å². The molecule has 0 spiro atoms. The van der Waals surface area contributed by atoms with E-state index in [-0.39, 0.29) is 5.88 Å². The number of anilines is 1. The Kier molecular flexibility index (Phi) is 3.47. The number of rotatable bonds is 2. The second-order valence-electron chi connectivity index (χ2n) is 3.98. The number of nitrogens with zero attached hydrogens (tertiary/aromatic N) is 1. The van der Waals surface area contributed by atoms with E-state index in [9.17, 15) is 22.4 Å². The van der Waals surface area contributed by atoms with Crippen molar-refractivity contribution in [2.45, 2.75) is 13.1 Å². The first-order valence-corrected chi connectivity index (χ1v) is 5.39. The number of carbonyl (C=O) groups excluding carboxylic acids is 1. The van der Waals surface area contributed by atoms with Crippen LogP contribution in [0.4, 0.5) is 23.4 Å². The van der Waals surface area contributed by atoms with Crippen molar-refractivity contribution in [2.24, 2.45) is 0 Å². The van der Waals surface area contributed by atoms with E-state index in [0.29, 0.717) is 23.9 Å². The maximum absolute atomic E-state index is 13.4. The van der Waals surface area contributed by atoms with Crippen molar-refractivity contribution in [2.75, 3.05) is 5.32 Å². The lowest BCUT2D eigenvalue weighted by Gasteiger charge is -2.09. The Morgan fingerprint density at radius 1 is 1.30 bits per heavy atom. The van der Waals surface area contributed by atoms with Gasteiger partial charge in [0.15, 0.2) is 0 Å². The molecule has 106 valence electrons. The van der Waals surface area contributed by atoms with Gasteiger partial charge in [0.25, 0.3) is 5.91 Å². The van der Waals surface area contributed by atoms with E-state index in [4.69, 9.17) is 0 Å². The Balaban J connectivity index is 2.29. The largest absolute Gasteiger partial charge is 0.416 e. The number of aromatic nitrogens is 1. The van der Waals surface area contributed by atoms with Gasteiger partial charge in [0, 0.05) is 6.07 Å². The van der Waals surface area contributed by atoms with E-state index >= 15 is 0 Å². The molecule has 1 amide bonds. The molecular formula is C12H8F4N2O2. The molecule has 0 saturated heterocycles. The van der Waals surface area contributed by atoms with Gasteiger partial charge in [-0.05, 0) is 25.1 Å². The van der Waals surface area contributed by atoms with Crippen molar-refractivity contribution in [3.05, 3.63) is 46.9 Å². The molecule has 8 heteroatoms. The van der Waals surface area contributed by atoms with Gasteiger partial charge in [0.2, 0.25) is 5.88 Å². The smallest absolute Gasteiger partial charge is 0.338 e. The summed E-state index contributed by atoms with van der Waals surface area (Å²) in [6.45, 7) is 1.59. The van der Waals surface area contributed by atoms with E-state index in [1.54, 1.807) is 6.92 Å². The van der Waals surface area contributed by atoms with E-state index in [1.807, 2.05) is 0 Å². The number of carbonyl (C=O) groups is 1. The maximum Gasteiger partial charge on any atom is 0.416 e. The first-order chi connectivity index (χ1) is 9.27. The zero-order valence-electron chi connectivity index (χ0n) is 10.1. The minimum Gasteiger partial charge on any atom is -0.338 e. The van der Waals surface area contributed by atoms with Crippen LogP contribution in [0.2, 0.25) is 0 Å². The fourth-order valence-corrected chi connectivity index (χ4v) is 1.48. The van der Waals surface area contributed by atoms with Gasteiger partial charge in [0.05, 0.1) is 16.8 Å². The molecule has 2 rings (SSSR count). The highest BCUT2D eigenvalue weighted by atomic mass is 19.4. The molecule has 0 bridgehead atoms. The Hall–Kier alpha value is -2.38.